The van der Waals surface area contributed by atoms with Crippen LogP contribution in [0.5, 0.6) is 0 Å². The number of carboxylic acids is 1. The van der Waals surface area contributed by atoms with Crippen molar-refractivity contribution >= 4 is 23.6 Å². The van der Waals surface area contributed by atoms with Crippen molar-refractivity contribution in [3.63, 3.8) is 0 Å². The summed E-state index contributed by atoms with van der Waals surface area (Å²) < 4.78 is 0. The highest BCUT2D eigenvalue weighted by atomic mass is 32.2. The first kappa shape index (κ1) is 15.5. The molecule has 6 heteroatoms. The molecule has 1 unspecified atom stereocenters. The zero-order valence-electron chi connectivity index (χ0n) is 10.4. The topological polar surface area (TPSA) is 86.6 Å². The lowest BCUT2D eigenvalue weighted by atomic mass is 10.2. The van der Waals surface area contributed by atoms with Crippen molar-refractivity contribution in [1.29, 1.82) is 0 Å². The lowest BCUT2D eigenvalue weighted by Crippen LogP contribution is -2.41. The quantitative estimate of drug-likeness (QED) is 0.622. The van der Waals surface area contributed by atoms with Gasteiger partial charge in [0.2, 0.25) is 5.91 Å². The molecule has 3 N–H and O–H groups in total. The summed E-state index contributed by atoms with van der Waals surface area (Å²) in [6.45, 7) is -0.268. The third-order valence-corrected chi connectivity index (χ3v) is 3.41. The van der Waals surface area contributed by atoms with Crippen molar-refractivity contribution in [2.24, 2.45) is 0 Å². The standard InChI is InChI=1S/C13H17NO4S/c15-8-6-11(13(17)18)14-12(16)7-9-19-10-4-2-1-3-5-10/h1-5,11,15H,6-9H2,(H,14,16)(H,17,18). The summed E-state index contributed by atoms with van der Waals surface area (Å²) in [5.41, 5.74) is 0. The van der Waals surface area contributed by atoms with Crippen LogP contribution in [0.3, 0.4) is 0 Å². The van der Waals surface area contributed by atoms with Crippen LogP contribution in [0.15, 0.2) is 35.2 Å². The summed E-state index contributed by atoms with van der Waals surface area (Å²) in [5.74, 6) is -0.858. The van der Waals surface area contributed by atoms with Gasteiger partial charge >= 0.3 is 5.97 Å². The number of aliphatic hydroxyl groups excluding tert-OH is 1. The van der Waals surface area contributed by atoms with Crippen molar-refractivity contribution in [1.82, 2.24) is 5.32 Å². The predicted octanol–water partition coefficient (Wildman–Crippen LogP) is 1.12. The van der Waals surface area contributed by atoms with Crippen LogP contribution < -0.4 is 5.32 Å². The molecule has 0 aliphatic heterocycles. The molecule has 1 atom stereocenters. The van der Waals surface area contributed by atoms with E-state index in [9.17, 15) is 9.59 Å². The largest absolute Gasteiger partial charge is 0.480 e. The zero-order chi connectivity index (χ0) is 14.1. The van der Waals surface area contributed by atoms with Gasteiger partial charge in [0, 0.05) is 30.1 Å². The van der Waals surface area contributed by atoms with Gasteiger partial charge in [0.05, 0.1) is 0 Å². The van der Waals surface area contributed by atoms with Crippen LogP contribution in [0.25, 0.3) is 0 Å². The summed E-state index contributed by atoms with van der Waals surface area (Å²) in [4.78, 5) is 23.4. The van der Waals surface area contributed by atoms with Gasteiger partial charge in [0.1, 0.15) is 6.04 Å². The number of hydrogen-bond donors (Lipinski definition) is 3. The fraction of sp³-hybridized carbons (Fsp3) is 0.385. The van der Waals surface area contributed by atoms with Crippen LogP contribution in [0.4, 0.5) is 0 Å². The van der Waals surface area contributed by atoms with E-state index in [1.165, 1.54) is 11.8 Å². The zero-order valence-corrected chi connectivity index (χ0v) is 11.2. The van der Waals surface area contributed by atoms with E-state index in [-0.39, 0.29) is 25.4 Å². The molecular weight excluding hydrogens is 266 g/mol. The minimum Gasteiger partial charge on any atom is -0.480 e. The molecule has 0 heterocycles. The second kappa shape index (κ2) is 8.55. The molecule has 0 fully saturated rings. The second-order valence-electron chi connectivity index (χ2n) is 3.88. The van der Waals surface area contributed by atoms with E-state index in [0.717, 1.165) is 4.90 Å². The number of aliphatic hydroxyl groups is 1. The van der Waals surface area contributed by atoms with Crippen LogP contribution in [-0.2, 0) is 9.59 Å². The Morgan fingerprint density at radius 3 is 2.53 bits per heavy atom. The molecule has 0 saturated heterocycles. The average molecular weight is 283 g/mol. The fourth-order valence-electron chi connectivity index (χ4n) is 1.43. The Morgan fingerprint density at radius 2 is 1.95 bits per heavy atom. The molecular formula is C13H17NO4S. The molecule has 1 aromatic rings. The molecule has 0 aromatic heterocycles. The molecule has 0 spiro atoms. The van der Waals surface area contributed by atoms with E-state index in [4.69, 9.17) is 10.2 Å². The Kier molecular flexibility index (Phi) is 6.99. The van der Waals surface area contributed by atoms with E-state index in [1.807, 2.05) is 30.3 Å². The molecule has 0 radical (unpaired) electrons. The lowest BCUT2D eigenvalue weighted by molar-refractivity contribution is -0.142. The van der Waals surface area contributed by atoms with E-state index < -0.39 is 12.0 Å². The normalized spacial score (nSPS) is 11.8. The Morgan fingerprint density at radius 1 is 1.26 bits per heavy atom. The van der Waals surface area contributed by atoms with Crippen LogP contribution in [0.1, 0.15) is 12.8 Å². The molecule has 0 aliphatic rings. The SMILES string of the molecule is O=C(CCSc1ccccc1)NC(CCO)C(=O)O. The first-order chi connectivity index (χ1) is 9.13. The number of thioether (sulfide) groups is 1. The maximum absolute atomic E-state index is 11.6. The number of hydrogen-bond acceptors (Lipinski definition) is 4. The van der Waals surface area contributed by atoms with Gasteiger partial charge in [-0.3, -0.25) is 4.79 Å². The summed E-state index contributed by atoms with van der Waals surface area (Å²) in [7, 11) is 0. The molecule has 0 bridgehead atoms. The summed E-state index contributed by atoms with van der Waals surface area (Å²) in [6.07, 6.45) is 0.266. The van der Waals surface area contributed by atoms with Gasteiger partial charge in [-0.15, -0.1) is 11.8 Å². The molecule has 1 rings (SSSR count). The smallest absolute Gasteiger partial charge is 0.326 e. The lowest BCUT2D eigenvalue weighted by Gasteiger charge is -2.12. The minimum absolute atomic E-state index is 0.0207. The minimum atomic E-state index is -1.13. The summed E-state index contributed by atoms with van der Waals surface area (Å²) in [6, 6.07) is 8.65. The van der Waals surface area contributed by atoms with E-state index in [0.29, 0.717) is 5.75 Å². The highest BCUT2D eigenvalue weighted by Gasteiger charge is 2.18. The summed E-state index contributed by atoms with van der Waals surface area (Å²) in [5, 5.41) is 19.9. The van der Waals surface area contributed by atoms with Gasteiger partial charge in [-0.25, -0.2) is 4.79 Å². The maximum atomic E-state index is 11.6. The number of rotatable bonds is 8. The number of carbonyl (C=O) groups is 2. The average Bonchev–Trinajstić information content (AvgIpc) is 2.39. The number of nitrogens with one attached hydrogen (secondary N) is 1. The van der Waals surface area contributed by atoms with Crippen LogP contribution in [0, 0.1) is 0 Å². The molecule has 1 aromatic carbocycles. The number of amides is 1. The first-order valence-electron chi connectivity index (χ1n) is 5.94. The summed E-state index contributed by atoms with van der Waals surface area (Å²) >= 11 is 1.54. The van der Waals surface area contributed by atoms with Gasteiger partial charge in [-0.1, -0.05) is 18.2 Å². The van der Waals surface area contributed by atoms with E-state index in [1.54, 1.807) is 0 Å². The second-order valence-corrected chi connectivity index (χ2v) is 5.05. The van der Waals surface area contributed by atoms with Crippen LogP contribution in [-0.4, -0.2) is 40.5 Å². The molecule has 104 valence electrons. The van der Waals surface area contributed by atoms with Gasteiger partial charge in [0.25, 0.3) is 0 Å². The predicted molar refractivity (Wildman–Crippen MR) is 73.1 cm³/mol. The Balaban J connectivity index is 2.29. The highest BCUT2D eigenvalue weighted by molar-refractivity contribution is 7.99. The maximum Gasteiger partial charge on any atom is 0.326 e. The highest BCUT2D eigenvalue weighted by Crippen LogP contribution is 2.17. The van der Waals surface area contributed by atoms with Gasteiger partial charge in [0.15, 0.2) is 0 Å². The Labute approximate surface area is 116 Å². The molecule has 1 amide bonds. The number of aliphatic carboxylic acids is 1. The molecule has 0 aliphatic carbocycles. The third-order valence-electron chi connectivity index (χ3n) is 2.39. The van der Waals surface area contributed by atoms with Crippen molar-refractivity contribution in [3.8, 4) is 0 Å². The van der Waals surface area contributed by atoms with E-state index in [2.05, 4.69) is 5.32 Å². The number of benzene rings is 1. The number of carboxylic acid groups (broad SMARTS) is 1. The van der Waals surface area contributed by atoms with Crippen molar-refractivity contribution in [2.45, 2.75) is 23.8 Å². The first-order valence-corrected chi connectivity index (χ1v) is 6.93. The van der Waals surface area contributed by atoms with Crippen molar-refractivity contribution in [2.75, 3.05) is 12.4 Å². The monoisotopic (exact) mass is 283 g/mol. The Bertz CT molecular complexity index is 410. The van der Waals surface area contributed by atoms with Gasteiger partial charge in [-0.05, 0) is 12.1 Å². The molecule has 19 heavy (non-hydrogen) atoms. The van der Waals surface area contributed by atoms with Crippen molar-refractivity contribution in [3.05, 3.63) is 30.3 Å². The van der Waals surface area contributed by atoms with Gasteiger partial charge < -0.3 is 15.5 Å². The molecule has 5 nitrogen and oxygen atoms in total. The van der Waals surface area contributed by atoms with Gasteiger partial charge in [-0.2, -0.15) is 0 Å². The fourth-order valence-corrected chi connectivity index (χ4v) is 2.30. The number of carbonyl (C=O) groups excluding carboxylic acids is 1. The molecule has 0 saturated carbocycles. The van der Waals surface area contributed by atoms with E-state index >= 15 is 0 Å². The van der Waals surface area contributed by atoms with Crippen LogP contribution >= 0.6 is 11.8 Å². The van der Waals surface area contributed by atoms with Crippen molar-refractivity contribution < 1.29 is 19.8 Å². The third kappa shape index (κ3) is 6.26. The Hall–Kier alpha value is -1.53. The van der Waals surface area contributed by atoms with Crippen LogP contribution in [0.2, 0.25) is 0 Å².